The van der Waals surface area contributed by atoms with Gasteiger partial charge in [-0.05, 0) is 54.3 Å². The molecule has 0 aromatic heterocycles. The largest absolute Gasteiger partial charge is 0.371 e. The van der Waals surface area contributed by atoms with Gasteiger partial charge in [-0.25, -0.2) is 0 Å². The van der Waals surface area contributed by atoms with Crippen molar-refractivity contribution < 1.29 is 4.74 Å². The minimum atomic E-state index is 0.0822. The maximum Gasteiger partial charge on any atom is 0.0978 e. The fraction of sp³-hybridized carbons (Fsp3) is 0.280. The molecule has 0 spiro atoms. The number of hydrogen-bond acceptors (Lipinski definition) is 3. The first-order valence-electron chi connectivity index (χ1n) is 10.2. The third kappa shape index (κ3) is 3.73. The van der Waals surface area contributed by atoms with E-state index in [0.29, 0.717) is 0 Å². The lowest BCUT2D eigenvalue weighted by atomic mass is 9.92. The Hall–Kier alpha value is -1.78. The van der Waals surface area contributed by atoms with E-state index in [9.17, 15) is 0 Å². The normalized spacial score (nSPS) is 24.4. The Bertz CT molecular complexity index is 1010. The van der Waals surface area contributed by atoms with Crippen LogP contribution in [0.15, 0.2) is 82.6 Å². The van der Waals surface area contributed by atoms with Crippen molar-refractivity contribution in [2.24, 2.45) is 0 Å². The van der Waals surface area contributed by atoms with Crippen molar-refractivity contribution in [3.63, 3.8) is 0 Å². The summed E-state index contributed by atoms with van der Waals surface area (Å²) in [7, 11) is 0. The summed E-state index contributed by atoms with van der Waals surface area (Å²) in [5, 5.41) is 0.806. The van der Waals surface area contributed by atoms with Gasteiger partial charge < -0.3 is 4.74 Å². The first-order chi connectivity index (χ1) is 14.2. The van der Waals surface area contributed by atoms with Crippen LogP contribution in [0.2, 0.25) is 5.02 Å². The zero-order valence-electron chi connectivity index (χ0n) is 16.4. The molecule has 2 aliphatic rings. The summed E-state index contributed by atoms with van der Waals surface area (Å²) >= 11 is 8.32. The number of rotatable bonds is 2. The van der Waals surface area contributed by atoms with Crippen LogP contribution in [0.5, 0.6) is 0 Å². The SMILES string of the molecule is C[C@H]1[C@H](c2ccccc2)OCCN1[C@@H]1Cc2ccccc2Sc2ccc(Cl)cc21. The molecule has 0 bridgehead atoms. The zero-order chi connectivity index (χ0) is 19.8. The monoisotopic (exact) mass is 421 g/mol. The molecule has 148 valence electrons. The molecule has 0 N–H and O–H groups in total. The van der Waals surface area contributed by atoms with E-state index in [4.69, 9.17) is 16.3 Å². The third-order valence-corrected chi connectivity index (χ3v) is 7.52. The molecule has 0 radical (unpaired) electrons. The van der Waals surface area contributed by atoms with Gasteiger partial charge in [-0.15, -0.1) is 0 Å². The highest BCUT2D eigenvalue weighted by Gasteiger charge is 2.37. The van der Waals surface area contributed by atoms with Gasteiger partial charge in [0, 0.05) is 33.4 Å². The van der Waals surface area contributed by atoms with Crippen LogP contribution in [0.4, 0.5) is 0 Å². The van der Waals surface area contributed by atoms with Gasteiger partial charge in [0.25, 0.3) is 0 Å². The van der Waals surface area contributed by atoms with Gasteiger partial charge >= 0.3 is 0 Å². The van der Waals surface area contributed by atoms with Crippen molar-refractivity contribution in [3.8, 4) is 0 Å². The van der Waals surface area contributed by atoms with Crippen LogP contribution in [0.25, 0.3) is 0 Å². The predicted octanol–water partition coefficient (Wildman–Crippen LogP) is 6.55. The molecule has 4 heteroatoms. The fourth-order valence-corrected chi connectivity index (χ4v) is 5.93. The molecular weight excluding hydrogens is 398 g/mol. The van der Waals surface area contributed by atoms with Gasteiger partial charge in [0.1, 0.15) is 0 Å². The lowest BCUT2D eigenvalue weighted by Crippen LogP contribution is -2.47. The van der Waals surface area contributed by atoms with Gasteiger partial charge in [0.05, 0.1) is 12.7 Å². The zero-order valence-corrected chi connectivity index (χ0v) is 18.0. The summed E-state index contributed by atoms with van der Waals surface area (Å²) in [6.45, 7) is 3.96. The molecule has 3 aromatic rings. The number of ether oxygens (including phenoxy) is 1. The smallest absolute Gasteiger partial charge is 0.0978 e. The topological polar surface area (TPSA) is 12.5 Å². The number of halogens is 1. The average Bonchev–Trinajstić information content (AvgIpc) is 2.91. The standard InChI is InChI=1S/C25H24ClNOS/c1-17-25(18-7-3-2-4-8-18)28-14-13-27(17)22-15-19-9-5-6-10-23(19)29-24-12-11-20(26)16-21(22)24/h2-12,16-17,22,25H,13-15H2,1H3/t17-,22+,25+/m0/s1. The van der Waals surface area contributed by atoms with Crippen LogP contribution < -0.4 is 0 Å². The highest BCUT2D eigenvalue weighted by molar-refractivity contribution is 7.99. The van der Waals surface area contributed by atoms with Gasteiger partial charge in [-0.2, -0.15) is 0 Å². The van der Waals surface area contributed by atoms with E-state index in [1.165, 1.54) is 26.5 Å². The van der Waals surface area contributed by atoms with E-state index < -0.39 is 0 Å². The minimum Gasteiger partial charge on any atom is -0.371 e. The molecule has 0 aliphatic carbocycles. The summed E-state index contributed by atoms with van der Waals surface area (Å²) in [5.41, 5.74) is 3.99. The van der Waals surface area contributed by atoms with Gasteiger partial charge in [0.2, 0.25) is 0 Å². The molecule has 2 heterocycles. The highest BCUT2D eigenvalue weighted by atomic mass is 35.5. The molecular formula is C25H24ClNOS. The summed E-state index contributed by atoms with van der Waals surface area (Å²) in [6.07, 6.45) is 1.07. The second-order valence-corrected chi connectivity index (χ2v) is 9.31. The van der Waals surface area contributed by atoms with Crippen molar-refractivity contribution in [3.05, 3.63) is 94.5 Å². The fourth-order valence-electron chi connectivity index (χ4n) is 4.64. The molecule has 1 fully saturated rings. The van der Waals surface area contributed by atoms with E-state index in [2.05, 4.69) is 78.6 Å². The number of nitrogens with zero attached hydrogens (tertiary/aromatic N) is 1. The summed E-state index contributed by atoms with van der Waals surface area (Å²) in [6, 6.07) is 26.3. The molecule has 0 unspecified atom stereocenters. The van der Waals surface area contributed by atoms with Gasteiger partial charge in [-0.3, -0.25) is 4.90 Å². The molecule has 29 heavy (non-hydrogen) atoms. The minimum absolute atomic E-state index is 0.0822. The van der Waals surface area contributed by atoms with E-state index in [0.717, 1.165) is 24.6 Å². The Morgan fingerprint density at radius 1 is 0.966 bits per heavy atom. The van der Waals surface area contributed by atoms with E-state index in [1.807, 2.05) is 17.8 Å². The number of benzene rings is 3. The third-order valence-electron chi connectivity index (χ3n) is 6.07. The molecule has 5 rings (SSSR count). The van der Waals surface area contributed by atoms with Crippen molar-refractivity contribution in [2.75, 3.05) is 13.2 Å². The molecule has 3 aromatic carbocycles. The first-order valence-corrected chi connectivity index (χ1v) is 11.4. The van der Waals surface area contributed by atoms with Crippen molar-refractivity contribution in [1.82, 2.24) is 4.90 Å². The lowest BCUT2D eigenvalue weighted by molar-refractivity contribution is -0.0837. The Morgan fingerprint density at radius 3 is 2.62 bits per heavy atom. The Kier molecular flexibility index (Phi) is 5.40. The maximum atomic E-state index is 6.45. The summed E-state index contributed by atoms with van der Waals surface area (Å²) in [4.78, 5) is 5.28. The van der Waals surface area contributed by atoms with Crippen LogP contribution in [-0.2, 0) is 11.2 Å². The van der Waals surface area contributed by atoms with Crippen LogP contribution in [0.3, 0.4) is 0 Å². The Morgan fingerprint density at radius 2 is 1.76 bits per heavy atom. The summed E-state index contributed by atoms with van der Waals surface area (Å²) < 4.78 is 6.24. The highest BCUT2D eigenvalue weighted by Crippen LogP contribution is 2.45. The molecule has 3 atom stereocenters. The van der Waals surface area contributed by atoms with Crippen LogP contribution >= 0.6 is 23.4 Å². The first kappa shape index (κ1) is 19.2. The number of fused-ring (bicyclic) bond motifs is 2. The second-order valence-electron chi connectivity index (χ2n) is 7.79. The van der Waals surface area contributed by atoms with Crippen LogP contribution in [-0.4, -0.2) is 24.1 Å². The van der Waals surface area contributed by atoms with Crippen molar-refractivity contribution in [1.29, 1.82) is 0 Å². The molecule has 1 saturated heterocycles. The lowest BCUT2D eigenvalue weighted by Gasteiger charge is -2.44. The quantitative estimate of drug-likeness (QED) is 0.465. The van der Waals surface area contributed by atoms with Crippen molar-refractivity contribution in [2.45, 2.75) is 41.3 Å². The van der Waals surface area contributed by atoms with Gasteiger partial charge in [-0.1, -0.05) is 71.9 Å². The predicted molar refractivity (Wildman–Crippen MR) is 120 cm³/mol. The number of hydrogen-bond donors (Lipinski definition) is 0. The van der Waals surface area contributed by atoms with Crippen LogP contribution in [0, 0.1) is 0 Å². The molecule has 2 nitrogen and oxygen atoms in total. The van der Waals surface area contributed by atoms with E-state index in [-0.39, 0.29) is 18.2 Å². The number of morpholine rings is 1. The molecule has 0 amide bonds. The van der Waals surface area contributed by atoms with Crippen molar-refractivity contribution >= 4 is 23.4 Å². The second kappa shape index (κ2) is 8.16. The van der Waals surface area contributed by atoms with Gasteiger partial charge in [0.15, 0.2) is 0 Å². The Balaban J connectivity index is 1.56. The summed E-state index contributed by atoms with van der Waals surface area (Å²) in [5.74, 6) is 0. The molecule has 0 saturated carbocycles. The van der Waals surface area contributed by atoms with E-state index >= 15 is 0 Å². The maximum absolute atomic E-state index is 6.45. The average molecular weight is 422 g/mol. The van der Waals surface area contributed by atoms with Crippen LogP contribution in [0.1, 0.15) is 35.8 Å². The van der Waals surface area contributed by atoms with E-state index in [1.54, 1.807) is 0 Å². The Labute approximate surface area is 181 Å². The molecule has 2 aliphatic heterocycles.